The van der Waals surface area contributed by atoms with Crippen molar-refractivity contribution < 1.29 is 5.11 Å². The van der Waals surface area contributed by atoms with Gasteiger partial charge in [-0.1, -0.05) is 26.0 Å². The van der Waals surface area contributed by atoms with E-state index in [0.29, 0.717) is 5.56 Å². The number of benzene rings is 1. The lowest BCUT2D eigenvalue weighted by Gasteiger charge is -2.33. The van der Waals surface area contributed by atoms with Crippen molar-refractivity contribution in [3.63, 3.8) is 0 Å². The Balaban J connectivity index is 2.64. The second-order valence-corrected chi connectivity index (χ2v) is 5.52. The van der Waals surface area contributed by atoms with Crippen LogP contribution >= 0.6 is 0 Å². The summed E-state index contributed by atoms with van der Waals surface area (Å²) in [4.78, 5) is 0. The van der Waals surface area contributed by atoms with Gasteiger partial charge in [-0.3, -0.25) is 0 Å². The molecule has 0 aliphatic rings. The van der Waals surface area contributed by atoms with Crippen LogP contribution in [0.3, 0.4) is 0 Å². The summed E-state index contributed by atoms with van der Waals surface area (Å²) in [6.45, 7) is 7.66. The van der Waals surface area contributed by atoms with Crippen LogP contribution in [0.5, 0.6) is 0 Å². The minimum absolute atomic E-state index is 0.176. The monoisotopic (exact) mass is 274 g/mol. The minimum Gasteiger partial charge on any atom is -0.396 e. The zero-order valence-corrected chi connectivity index (χ0v) is 12.8. The molecule has 0 saturated heterocycles. The average Bonchev–Trinajstić information content (AvgIpc) is 2.51. The molecule has 20 heavy (non-hydrogen) atoms. The molecule has 1 aromatic carbocycles. The highest BCUT2D eigenvalue weighted by Gasteiger charge is 2.25. The summed E-state index contributed by atoms with van der Waals surface area (Å²) in [5.41, 5.74) is 2.06. The van der Waals surface area contributed by atoms with Crippen molar-refractivity contribution in [1.82, 2.24) is 5.32 Å². The summed E-state index contributed by atoms with van der Waals surface area (Å²) < 4.78 is 0. The zero-order chi connectivity index (χ0) is 15.0. The lowest BCUT2D eigenvalue weighted by atomic mass is 9.79. The van der Waals surface area contributed by atoms with Crippen molar-refractivity contribution >= 4 is 0 Å². The first-order valence-corrected chi connectivity index (χ1v) is 7.45. The molecule has 1 rings (SSSR count). The topological polar surface area (TPSA) is 56.0 Å². The van der Waals surface area contributed by atoms with E-state index < -0.39 is 0 Å². The van der Waals surface area contributed by atoms with Gasteiger partial charge < -0.3 is 10.4 Å². The summed E-state index contributed by atoms with van der Waals surface area (Å²) >= 11 is 0. The first kappa shape index (κ1) is 16.7. The van der Waals surface area contributed by atoms with Crippen LogP contribution < -0.4 is 5.32 Å². The Morgan fingerprint density at radius 2 is 1.85 bits per heavy atom. The van der Waals surface area contributed by atoms with Crippen LogP contribution in [0, 0.1) is 16.7 Å². The van der Waals surface area contributed by atoms with Gasteiger partial charge in [-0.2, -0.15) is 5.26 Å². The molecule has 0 amide bonds. The SMILES string of the molecule is CCC(CC)(CCO)CNC(C)c1ccc(C#N)cc1. The molecule has 0 saturated carbocycles. The van der Waals surface area contributed by atoms with Gasteiger partial charge in [0.25, 0.3) is 0 Å². The number of nitriles is 1. The van der Waals surface area contributed by atoms with Gasteiger partial charge in [0, 0.05) is 19.2 Å². The van der Waals surface area contributed by atoms with E-state index in [2.05, 4.69) is 32.2 Å². The Kier molecular flexibility index (Phi) is 6.70. The highest BCUT2D eigenvalue weighted by atomic mass is 16.3. The molecule has 3 heteroatoms. The molecule has 3 nitrogen and oxygen atoms in total. The van der Waals surface area contributed by atoms with Crippen molar-refractivity contribution in [2.45, 2.75) is 46.1 Å². The van der Waals surface area contributed by atoms with Crippen LogP contribution in [-0.2, 0) is 0 Å². The largest absolute Gasteiger partial charge is 0.396 e. The van der Waals surface area contributed by atoms with E-state index in [-0.39, 0.29) is 18.1 Å². The molecule has 0 fully saturated rings. The highest BCUT2D eigenvalue weighted by Crippen LogP contribution is 2.30. The van der Waals surface area contributed by atoms with Gasteiger partial charge in [0.1, 0.15) is 0 Å². The number of rotatable bonds is 8. The number of aliphatic hydroxyl groups excluding tert-OH is 1. The quantitative estimate of drug-likeness (QED) is 0.764. The number of nitrogens with zero attached hydrogens (tertiary/aromatic N) is 1. The van der Waals surface area contributed by atoms with Crippen molar-refractivity contribution in [1.29, 1.82) is 5.26 Å². The summed E-state index contributed by atoms with van der Waals surface area (Å²) in [5.74, 6) is 0. The van der Waals surface area contributed by atoms with Gasteiger partial charge in [0.05, 0.1) is 11.6 Å². The van der Waals surface area contributed by atoms with E-state index in [4.69, 9.17) is 5.26 Å². The highest BCUT2D eigenvalue weighted by molar-refractivity contribution is 5.32. The van der Waals surface area contributed by atoms with Crippen LogP contribution in [0.2, 0.25) is 0 Å². The third-order valence-electron chi connectivity index (χ3n) is 4.47. The Morgan fingerprint density at radius 1 is 1.25 bits per heavy atom. The number of nitrogens with one attached hydrogen (secondary N) is 1. The first-order chi connectivity index (χ1) is 9.60. The molecule has 0 heterocycles. The van der Waals surface area contributed by atoms with Crippen LogP contribution in [-0.4, -0.2) is 18.3 Å². The van der Waals surface area contributed by atoms with Crippen LogP contribution in [0.1, 0.15) is 57.2 Å². The molecule has 1 unspecified atom stereocenters. The lowest BCUT2D eigenvalue weighted by Crippen LogP contribution is -2.35. The normalized spacial score (nSPS) is 12.9. The standard InChI is InChI=1S/C17H26N2O/c1-4-17(5-2,10-11-20)13-19-14(3)16-8-6-15(12-18)7-9-16/h6-9,14,19-20H,4-5,10-11,13H2,1-3H3. The van der Waals surface area contributed by atoms with Gasteiger partial charge in [0.15, 0.2) is 0 Å². The third kappa shape index (κ3) is 4.33. The number of aliphatic hydroxyl groups is 1. The van der Waals surface area contributed by atoms with E-state index in [1.165, 1.54) is 5.56 Å². The molecule has 0 bridgehead atoms. The van der Waals surface area contributed by atoms with E-state index in [1.54, 1.807) is 0 Å². The van der Waals surface area contributed by atoms with Crippen molar-refractivity contribution in [2.24, 2.45) is 5.41 Å². The molecule has 0 radical (unpaired) electrons. The fourth-order valence-corrected chi connectivity index (χ4v) is 2.51. The maximum absolute atomic E-state index is 9.25. The Bertz CT molecular complexity index is 429. The summed E-state index contributed by atoms with van der Waals surface area (Å²) in [7, 11) is 0. The van der Waals surface area contributed by atoms with Crippen molar-refractivity contribution in [2.75, 3.05) is 13.2 Å². The van der Waals surface area contributed by atoms with Crippen molar-refractivity contribution in [3.8, 4) is 6.07 Å². The van der Waals surface area contributed by atoms with Crippen molar-refractivity contribution in [3.05, 3.63) is 35.4 Å². The van der Waals surface area contributed by atoms with E-state index in [9.17, 15) is 5.11 Å². The average molecular weight is 274 g/mol. The first-order valence-electron chi connectivity index (χ1n) is 7.45. The molecule has 0 spiro atoms. The van der Waals surface area contributed by atoms with Gasteiger partial charge in [-0.25, -0.2) is 0 Å². The summed E-state index contributed by atoms with van der Waals surface area (Å²) in [5, 5.41) is 21.6. The Hall–Kier alpha value is -1.37. The van der Waals surface area contributed by atoms with Crippen LogP contribution in [0.15, 0.2) is 24.3 Å². The smallest absolute Gasteiger partial charge is 0.0991 e. The molecular weight excluding hydrogens is 248 g/mol. The van der Waals surface area contributed by atoms with Gasteiger partial charge in [-0.15, -0.1) is 0 Å². The second-order valence-electron chi connectivity index (χ2n) is 5.52. The van der Waals surface area contributed by atoms with Crippen LogP contribution in [0.25, 0.3) is 0 Å². The maximum atomic E-state index is 9.25. The molecule has 0 aliphatic carbocycles. The molecule has 1 aromatic rings. The molecular formula is C17H26N2O. The lowest BCUT2D eigenvalue weighted by molar-refractivity contribution is 0.160. The molecule has 110 valence electrons. The van der Waals surface area contributed by atoms with Gasteiger partial charge in [0.2, 0.25) is 0 Å². The minimum atomic E-state index is 0.176. The second kappa shape index (κ2) is 8.04. The maximum Gasteiger partial charge on any atom is 0.0991 e. The Morgan fingerprint density at radius 3 is 2.30 bits per heavy atom. The Labute approximate surface area is 122 Å². The van der Waals surface area contributed by atoms with E-state index in [1.807, 2.05) is 24.3 Å². The fraction of sp³-hybridized carbons (Fsp3) is 0.588. The van der Waals surface area contributed by atoms with E-state index in [0.717, 1.165) is 25.8 Å². The summed E-state index contributed by atoms with van der Waals surface area (Å²) in [6, 6.07) is 10.1. The van der Waals surface area contributed by atoms with Gasteiger partial charge in [-0.05, 0) is 49.3 Å². The zero-order valence-electron chi connectivity index (χ0n) is 12.8. The molecule has 0 aromatic heterocycles. The van der Waals surface area contributed by atoms with Gasteiger partial charge >= 0.3 is 0 Å². The fourth-order valence-electron chi connectivity index (χ4n) is 2.51. The predicted molar refractivity (Wildman–Crippen MR) is 82.3 cm³/mol. The predicted octanol–water partition coefficient (Wildman–Crippen LogP) is 3.40. The molecule has 1 atom stereocenters. The molecule has 2 N–H and O–H groups in total. The van der Waals surface area contributed by atoms with Crippen LogP contribution in [0.4, 0.5) is 0 Å². The van der Waals surface area contributed by atoms with E-state index >= 15 is 0 Å². The third-order valence-corrected chi connectivity index (χ3v) is 4.47. The molecule has 0 aliphatic heterocycles. The summed E-state index contributed by atoms with van der Waals surface area (Å²) in [6.07, 6.45) is 2.97. The number of hydrogen-bond donors (Lipinski definition) is 2. The number of hydrogen-bond acceptors (Lipinski definition) is 3.